The van der Waals surface area contributed by atoms with E-state index in [-0.39, 0.29) is 0 Å². The van der Waals surface area contributed by atoms with Crippen molar-refractivity contribution in [3.8, 4) is 0 Å². The minimum absolute atomic E-state index is 0.359. The molecule has 86 valence electrons. The van der Waals surface area contributed by atoms with E-state index in [1.807, 2.05) is 0 Å². The van der Waals surface area contributed by atoms with Crippen LogP contribution in [-0.2, 0) is 0 Å². The van der Waals surface area contributed by atoms with Crippen LogP contribution >= 0.6 is 0 Å². The van der Waals surface area contributed by atoms with Gasteiger partial charge in [0, 0.05) is 33.0 Å². The molecule has 1 aromatic heterocycles. The zero-order valence-electron chi connectivity index (χ0n) is 9.55. The average Bonchev–Trinajstić information content (AvgIpc) is 2.28. The van der Waals surface area contributed by atoms with E-state index in [4.69, 9.17) is 10.6 Å². The fourth-order valence-corrected chi connectivity index (χ4v) is 1.20. The van der Waals surface area contributed by atoms with Gasteiger partial charge in [0.1, 0.15) is 0 Å². The number of oxime groups is 1. The number of aromatic nitrogens is 1. The van der Waals surface area contributed by atoms with Crippen LogP contribution in [0.5, 0.6) is 0 Å². The lowest BCUT2D eigenvalue weighted by molar-refractivity contribution is 0.321. The molecule has 0 spiro atoms. The summed E-state index contributed by atoms with van der Waals surface area (Å²) in [5.74, 6) is 0.359. The summed E-state index contributed by atoms with van der Waals surface area (Å²) in [6.45, 7) is 0. The van der Waals surface area contributed by atoms with Gasteiger partial charge < -0.3 is 15.0 Å². The summed E-state index contributed by atoms with van der Waals surface area (Å²) in [4.78, 5) is 7.40. The molecule has 6 heteroatoms. The molecule has 0 saturated heterocycles. The van der Waals surface area contributed by atoms with Gasteiger partial charge in [0.2, 0.25) is 0 Å². The summed E-state index contributed by atoms with van der Waals surface area (Å²) in [7, 11) is 5.39. The Labute approximate surface area is 94.3 Å². The highest BCUT2D eigenvalue weighted by atomic mass is 16.4. The molecule has 1 heterocycles. The first-order valence-electron chi connectivity index (χ1n) is 4.69. The summed E-state index contributed by atoms with van der Waals surface area (Å²) in [6.07, 6.45) is 2.85. The van der Waals surface area contributed by atoms with E-state index in [1.54, 1.807) is 49.3 Å². The quantitative estimate of drug-likeness (QED) is 0.335. The molecule has 0 aliphatic carbocycles. The number of nitrogens with zero attached hydrogens (tertiary/aromatic N) is 4. The summed E-state index contributed by atoms with van der Waals surface area (Å²) in [5.41, 5.74) is 1.35. The molecule has 0 bridgehead atoms. The van der Waals surface area contributed by atoms with E-state index >= 15 is 0 Å². The number of guanidine groups is 1. The standard InChI is InChI=1S/C10H15N5O/c1-14(2)10(11)15(3)9-4-5-12-8(6-9)7-13-16/h4-7,11,16H,1-3H3/b11-10?,13-7+. The van der Waals surface area contributed by atoms with E-state index in [1.165, 1.54) is 6.21 Å². The largest absolute Gasteiger partial charge is 0.411 e. The smallest absolute Gasteiger partial charge is 0.197 e. The second-order valence-electron chi connectivity index (χ2n) is 3.46. The fourth-order valence-electron chi connectivity index (χ4n) is 1.20. The van der Waals surface area contributed by atoms with Crippen LogP contribution in [0.4, 0.5) is 5.69 Å². The van der Waals surface area contributed by atoms with Gasteiger partial charge in [-0.1, -0.05) is 5.16 Å². The molecule has 6 nitrogen and oxygen atoms in total. The van der Waals surface area contributed by atoms with Crippen LogP contribution in [0.3, 0.4) is 0 Å². The van der Waals surface area contributed by atoms with E-state index < -0.39 is 0 Å². The van der Waals surface area contributed by atoms with Crippen LogP contribution in [0.1, 0.15) is 5.69 Å². The number of rotatable bonds is 2. The summed E-state index contributed by atoms with van der Waals surface area (Å²) < 4.78 is 0. The molecule has 0 fully saturated rings. The zero-order valence-corrected chi connectivity index (χ0v) is 9.55. The molecule has 1 aromatic rings. The van der Waals surface area contributed by atoms with Crippen molar-refractivity contribution in [2.24, 2.45) is 5.16 Å². The third-order valence-electron chi connectivity index (χ3n) is 2.08. The van der Waals surface area contributed by atoms with Crippen molar-refractivity contribution >= 4 is 17.9 Å². The van der Waals surface area contributed by atoms with Gasteiger partial charge in [-0.15, -0.1) is 0 Å². The lowest BCUT2D eigenvalue weighted by Crippen LogP contribution is -2.37. The Morgan fingerprint density at radius 1 is 1.50 bits per heavy atom. The van der Waals surface area contributed by atoms with Gasteiger partial charge in [-0.25, -0.2) is 0 Å². The summed E-state index contributed by atoms with van der Waals surface area (Å²) in [5, 5.41) is 19.1. The molecular formula is C10H15N5O. The van der Waals surface area contributed by atoms with Crippen molar-refractivity contribution in [2.45, 2.75) is 0 Å². The highest BCUT2D eigenvalue weighted by Gasteiger charge is 2.09. The van der Waals surface area contributed by atoms with Crippen molar-refractivity contribution in [3.63, 3.8) is 0 Å². The highest BCUT2D eigenvalue weighted by Crippen LogP contribution is 2.12. The van der Waals surface area contributed by atoms with Crippen LogP contribution in [0.25, 0.3) is 0 Å². The minimum atomic E-state index is 0.359. The van der Waals surface area contributed by atoms with Gasteiger partial charge in [-0.3, -0.25) is 10.4 Å². The van der Waals surface area contributed by atoms with Crippen molar-refractivity contribution < 1.29 is 5.21 Å². The predicted molar refractivity (Wildman–Crippen MR) is 63.4 cm³/mol. The van der Waals surface area contributed by atoms with Crippen molar-refractivity contribution in [1.82, 2.24) is 9.88 Å². The molecule has 0 saturated carbocycles. The maximum atomic E-state index is 8.41. The van der Waals surface area contributed by atoms with Crippen LogP contribution < -0.4 is 4.90 Å². The fraction of sp³-hybridized carbons (Fsp3) is 0.300. The van der Waals surface area contributed by atoms with Gasteiger partial charge in [0.25, 0.3) is 0 Å². The molecule has 16 heavy (non-hydrogen) atoms. The maximum absolute atomic E-state index is 8.41. The maximum Gasteiger partial charge on any atom is 0.197 e. The van der Waals surface area contributed by atoms with E-state index in [0.29, 0.717) is 11.7 Å². The third-order valence-corrected chi connectivity index (χ3v) is 2.08. The number of pyridine rings is 1. The first kappa shape index (κ1) is 12.0. The third kappa shape index (κ3) is 2.69. The number of anilines is 1. The Kier molecular flexibility index (Phi) is 3.82. The Hall–Kier alpha value is -2.11. The van der Waals surface area contributed by atoms with Gasteiger partial charge in [-0.05, 0) is 12.1 Å². The van der Waals surface area contributed by atoms with Crippen LogP contribution in [-0.4, -0.2) is 48.4 Å². The Morgan fingerprint density at radius 3 is 2.75 bits per heavy atom. The molecule has 0 aliphatic heterocycles. The number of hydrogen-bond donors (Lipinski definition) is 2. The first-order chi connectivity index (χ1) is 7.56. The van der Waals surface area contributed by atoms with Gasteiger partial charge in [0.15, 0.2) is 5.96 Å². The predicted octanol–water partition coefficient (Wildman–Crippen LogP) is 0.822. The van der Waals surface area contributed by atoms with Crippen molar-refractivity contribution in [2.75, 3.05) is 26.0 Å². The number of nitrogens with one attached hydrogen (secondary N) is 1. The Morgan fingerprint density at radius 2 is 2.19 bits per heavy atom. The van der Waals surface area contributed by atoms with E-state index in [9.17, 15) is 0 Å². The van der Waals surface area contributed by atoms with E-state index in [2.05, 4.69) is 10.1 Å². The minimum Gasteiger partial charge on any atom is -0.411 e. The summed E-state index contributed by atoms with van der Waals surface area (Å²) in [6, 6.07) is 3.52. The molecule has 0 radical (unpaired) electrons. The normalized spacial score (nSPS) is 10.4. The lowest BCUT2D eigenvalue weighted by Gasteiger charge is -2.24. The SMILES string of the molecule is CN(C)C(=N)N(C)c1ccnc(/C=N/O)c1. The topological polar surface area (TPSA) is 75.8 Å². The van der Waals surface area contributed by atoms with E-state index in [0.717, 1.165) is 5.69 Å². The van der Waals surface area contributed by atoms with Crippen molar-refractivity contribution in [1.29, 1.82) is 5.41 Å². The molecule has 0 atom stereocenters. The molecule has 0 aromatic carbocycles. The van der Waals surface area contributed by atoms with Gasteiger partial charge >= 0.3 is 0 Å². The molecule has 0 unspecified atom stereocenters. The molecule has 0 amide bonds. The monoisotopic (exact) mass is 221 g/mol. The zero-order chi connectivity index (χ0) is 12.1. The van der Waals surface area contributed by atoms with Gasteiger partial charge in [-0.2, -0.15) is 0 Å². The van der Waals surface area contributed by atoms with Crippen LogP contribution in [0.2, 0.25) is 0 Å². The molecule has 1 rings (SSSR count). The van der Waals surface area contributed by atoms with Gasteiger partial charge in [0.05, 0.1) is 11.9 Å². The Bertz CT molecular complexity index is 402. The molecule has 0 aliphatic rings. The van der Waals surface area contributed by atoms with Crippen molar-refractivity contribution in [3.05, 3.63) is 24.0 Å². The van der Waals surface area contributed by atoms with Crippen LogP contribution in [0, 0.1) is 5.41 Å². The lowest BCUT2D eigenvalue weighted by atomic mass is 10.3. The second kappa shape index (κ2) is 5.11. The molecule has 2 N–H and O–H groups in total. The summed E-state index contributed by atoms with van der Waals surface area (Å²) >= 11 is 0. The van der Waals surface area contributed by atoms with Crippen LogP contribution in [0.15, 0.2) is 23.5 Å². The number of hydrogen-bond acceptors (Lipinski definition) is 4. The first-order valence-corrected chi connectivity index (χ1v) is 4.69. The average molecular weight is 221 g/mol. The second-order valence-corrected chi connectivity index (χ2v) is 3.46. The Balaban J connectivity index is 2.95. The highest BCUT2D eigenvalue weighted by molar-refractivity contribution is 5.93. The molecular weight excluding hydrogens is 206 g/mol.